The zero-order valence-corrected chi connectivity index (χ0v) is 11.9. The van der Waals surface area contributed by atoms with Crippen molar-refractivity contribution in [3.8, 4) is 0 Å². The van der Waals surface area contributed by atoms with E-state index in [1.807, 2.05) is 31.2 Å². The van der Waals surface area contributed by atoms with E-state index >= 15 is 0 Å². The van der Waals surface area contributed by atoms with Crippen molar-refractivity contribution < 1.29 is 9.59 Å². The number of hydrogen-bond donors (Lipinski definition) is 1. The van der Waals surface area contributed by atoms with Crippen LogP contribution in [0.25, 0.3) is 0 Å². The zero-order valence-electron chi connectivity index (χ0n) is 11.1. The fourth-order valence-electron chi connectivity index (χ4n) is 2.32. The summed E-state index contributed by atoms with van der Waals surface area (Å²) in [5.41, 5.74) is 1.85. The molecule has 3 rings (SSSR count). The molecular formula is C14H15N3O2S. The summed E-state index contributed by atoms with van der Waals surface area (Å²) < 4.78 is 0. The predicted molar refractivity (Wildman–Crippen MR) is 79.8 cm³/mol. The normalized spacial score (nSPS) is 20.9. The predicted octanol–water partition coefficient (Wildman–Crippen LogP) is 1.64. The van der Waals surface area contributed by atoms with Gasteiger partial charge in [0.25, 0.3) is 0 Å². The van der Waals surface area contributed by atoms with Crippen LogP contribution in [0.4, 0.5) is 5.69 Å². The minimum absolute atomic E-state index is 0.00522. The molecule has 0 unspecified atom stereocenters. The molecule has 1 fully saturated rings. The number of nitrogens with zero attached hydrogens (tertiary/aromatic N) is 2. The van der Waals surface area contributed by atoms with E-state index in [-0.39, 0.29) is 23.5 Å². The van der Waals surface area contributed by atoms with Crippen LogP contribution < -0.4 is 5.32 Å². The van der Waals surface area contributed by atoms with Gasteiger partial charge in [0.15, 0.2) is 5.17 Å². The highest BCUT2D eigenvalue weighted by Crippen LogP contribution is 2.31. The third-order valence-electron chi connectivity index (χ3n) is 3.26. The van der Waals surface area contributed by atoms with Crippen LogP contribution in [-0.2, 0) is 9.59 Å². The lowest BCUT2D eigenvalue weighted by atomic mass is 10.2. The quantitative estimate of drug-likeness (QED) is 0.920. The average Bonchev–Trinajstić information content (AvgIpc) is 2.94. The Balaban J connectivity index is 1.61. The highest BCUT2D eigenvalue weighted by atomic mass is 32.2. The Morgan fingerprint density at radius 3 is 3.15 bits per heavy atom. The van der Waals surface area contributed by atoms with Gasteiger partial charge in [0.2, 0.25) is 11.8 Å². The van der Waals surface area contributed by atoms with Crippen LogP contribution in [0.5, 0.6) is 0 Å². The van der Waals surface area contributed by atoms with E-state index < -0.39 is 0 Å². The molecule has 2 aliphatic heterocycles. The molecule has 1 N–H and O–H groups in total. The van der Waals surface area contributed by atoms with Crippen LogP contribution in [0, 0.1) is 6.92 Å². The maximum Gasteiger partial charge on any atom is 0.242 e. The fraction of sp³-hybridized carbons (Fsp3) is 0.357. The number of carbonyl (C=O) groups excluding carboxylic acids is 2. The number of fused-ring (bicyclic) bond motifs is 1. The van der Waals surface area contributed by atoms with E-state index in [1.165, 1.54) is 11.8 Å². The van der Waals surface area contributed by atoms with E-state index in [2.05, 4.69) is 10.3 Å². The number of nitrogens with one attached hydrogen (secondary N) is 1. The van der Waals surface area contributed by atoms with Crippen molar-refractivity contribution in [2.45, 2.75) is 18.6 Å². The van der Waals surface area contributed by atoms with Gasteiger partial charge in [-0.3, -0.25) is 19.5 Å². The second-order valence-corrected chi connectivity index (χ2v) is 6.05. The number of aliphatic imine (C=N–C) groups is 1. The molecule has 0 bridgehead atoms. The maximum absolute atomic E-state index is 12.1. The number of aryl methyl sites for hydroxylation is 1. The number of anilines is 1. The molecule has 1 atom stereocenters. The monoisotopic (exact) mass is 289 g/mol. The molecule has 2 aliphatic rings. The molecule has 20 heavy (non-hydrogen) atoms. The largest absolute Gasteiger partial charge is 0.326 e. The molecule has 0 aromatic heterocycles. The first-order valence-electron chi connectivity index (χ1n) is 6.52. The van der Waals surface area contributed by atoms with Gasteiger partial charge in [-0.15, -0.1) is 0 Å². The summed E-state index contributed by atoms with van der Waals surface area (Å²) >= 11 is 1.40. The van der Waals surface area contributed by atoms with Gasteiger partial charge < -0.3 is 5.32 Å². The molecule has 1 aromatic carbocycles. The molecule has 5 nitrogen and oxygen atoms in total. The van der Waals surface area contributed by atoms with E-state index in [4.69, 9.17) is 0 Å². The van der Waals surface area contributed by atoms with Crippen LogP contribution in [0.15, 0.2) is 29.3 Å². The number of thioether (sulfide) groups is 1. The number of hydrogen-bond acceptors (Lipinski definition) is 4. The number of amidine groups is 1. The van der Waals surface area contributed by atoms with Crippen molar-refractivity contribution in [1.82, 2.24) is 4.90 Å². The van der Waals surface area contributed by atoms with Crippen LogP contribution in [-0.4, -0.2) is 40.2 Å². The Morgan fingerprint density at radius 1 is 1.55 bits per heavy atom. The van der Waals surface area contributed by atoms with Gasteiger partial charge in [-0.25, -0.2) is 0 Å². The van der Waals surface area contributed by atoms with Gasteiger partial charge in [0, 0.05) is 18.7 Å². The molecule has 104 valence electrons. The lowest BCUT2D eigenvalue weighted by Gasteiger charge is -2.10. The minimum atomic E-state index is -0.334. The van der Waals surface area contributed by atoms with E-state index in [1.54, 1.807) is 4.90 Å². The summed E-state index contributed by atoms with van der Waals surface area (Å²) in [6, 6.07) is 7.62. The van der Waals surface area contributed by atoms with Gasteiger partial charge in [0.1, 0.15) is 5.25 Å². The summed E-state index contributed by atoms with van der Waals surface area (Å²) in [5.74, 6) is -0.131. The molecule has 1 aromatic rings. The summed E-state index contributed by atoms with van der Waals surface area (Å²) in [5, 5.41) is 3.27. The second kappa shape index (κ2) is 5.28. The third kappa shape index (κ3) is 2.56. The Hall–Kier alpha value is -1.82. The van der Waals surface area contributed by atoms with Crippen molar-refractivity contribution in [2.24, 2.45) is 4.99 Å². The van der Waals surface area contributed by atoms with Crippen LogP contribution in [0.3, 0.4) is 0 Å². The van der Waals surface area contributed by atoms with Gasteiger partial charge in [-0.05, 0) is 24.6 Å². The molecule has 1 saturated heterocycles. The molecule has 0 spiro atoms. The van der Waals surface area contributed by atoms with Gasteiger partial charge >= 0.3 is 0 Å². The lowest BCUT2D eigenvalue weighted by Crippen LogP contribution is -2.32. The van der Waals surface area contributed by atoms with Gasteiger partial charge in [-0.2, -0.15) is 0 Å². The molecule has 0 saturated carbocycles. The van der Waals surface area contributed by atoms with Gasteiger partial charge in [0.05, 0.1) is 6.54 Å². The summed E-state index contributed by atoms with van der Waals surface area (Å²) in [4.78, 5) is 30.0. The Bertz CT molecular complexity index is 600. The molecule has 2 amide bonds. The third-order valence-corrected chi connectivity index (χ3v) is 4.48. The smallest absolute Gasteiger partial charge is 0.242 e. The Labute approximate surface area is 121 Å². The highest BCUT2D eigenvalue weighted by molar-refractivity contribution is 8.15. The van der Waals surface area contributed by atoms with Crippen molar-refractivity contribution in [3.05, 3.63) is 29.8 Å². The molecule has 2 heterocycles. The summed E-state index contributed by atoms with van der Waals surface area (Å²) in [7, 11) is 0. The van der Waals surface area contributed by atoms with Crippen molar-refractivity contribution in [3.63, 3.8) is 0 Å². The van der Waals surface area contributed by atoms with Crippen molar-refractivity contribution >= 4 is 34.4 Å². The summed E-state index contributed by atoms with van der Waals surface area (Å²) in [6.45, 7) is 3.30. The van der Waals surface area contributed by atoms with Crippen molar-refractivity contribution in [1.29, 1.82) is 0 Å². The number of amides is 2. The van der Waals surface area contributed by atoms with E-state index in [9.17, 15) is 9.59 Å². The lowest BCUT2D eigenvalue weighted by molar-refractivity contribution is -0.127. The topological polar surface area (TPSA) is 61.8 Å². The van der Waals surface area contributed by atoms with Gasteiger partial charge in [-0.1, -0.05) is 23.9 Å². The van der Waals surface area contributed by atoms with Crippen LogP contribution >= 0.6 is 11.8 Å². The fourth-order valence-corrected chi connectivity index (χ4v) is 3.51. The molecule has 0 aliphatic carbocycles. The van der Waals surface area contributed by atoms with Crippen molar-refractivity contribution in [2.75, 3.05) is 18.4 Å². The Morgan fingerprint density at radius 2 is 2.40 bits per heavy atom. The number of rotatable bonds is 3. The first-order valence-corrected chi connectivity index (χ1v) is 7.40. The average molecular weight is 289 g/mol. The zero-order chi connectivity index (χ0) is 14.1. The van der Waals surface area contributed by atoms with E-state index in [0.29, 0.717) is 13.1 Å². The standard InChI is InChI=1S/C14H15N3O2S/c1-9-3-2-4-10(7-9)16-12(18)8-11-13(19)17-6-5-15-14(17)20-11/h2-4,7,11H,5-6,8H2,1H3,(H,16,18)/t11-/m1/s1. The number of carbonyl (C=O) groups is 2. The maximum atomic E-state index is 12.1. The van der Waals surface area contributed by atoms with Crippen LogP contribution in [0.1, 0.15) is 12.0 Å². The van der Waals surface area contributed by atoms with Crippen LogP contribution in [0.2, 0.25) is 0 Å². The van der Waals surface area contributed by atoms with E-state index in [0.717, 1.165) is 16.4 Å². The first kappa shape index (κ1) is 13.2. The second-order valence-electron chi connectivity index (χ2n) is 4.88. The molecule has 0 radical (unpaired) electrons. The number of benzene rings is 1. The molecular weight excluding hydrogens is 274 g/mol. The highest BCUT2D eigenvalue weighted by Gasteiger charge is 2.40. The Kier molecular flexibility index (Phi) is 3.48. The SMILES string of the molecule is Cc1cccc(NC(=O)C[C@H]2SC3=NCCN3C2=O)c1. The first-order chi connectivity index (χ1) is 9.63. The molecule has 6 heteroatoms. The minimum Gasteiger partial charge on any atom is -0.326 e. The summed E-state index contributed by atoms with van der Waals surface area (Å²) in [6.07, 6.45) is 0.187.